The summed E-state index contributed by atoms with van der Waals surface area (Å²) in [6.45, 7) is 10.1. The van der Waals surface area contributed by atoms with Crippen LogP contribution >= 0.6 is 0 Å². The number of nitrogens with zero attached hydrogens (tertiary/aromatic N) is 1. The predicted octanol–water partition coefficient (Wildman–Crippen LogP) is 2.74. The van der Waals surface area contributed by atoms with Gasteiger partial charge in [-0.25, -0.2) is 8.78 Å². The van der Waals surface area contributed by atoms with Crippen LogP contribution < -0.4 is 5.32 Å². The fraction of sp³-hybridized carbons (Fsp3) is 1.00. The van der Waals surface area contributed by atoms with Crippen molar-refractivity contribution in [2.24, 2.45) is 5.41 Å². The average Bonchev–Trinajstić information content (AvgIpc) is 2.18. The number of hydrogen-bond acceptors (Lipinski definition) is 2. The standard InChI is InChI=1S/C13H26F2N2/c1-5-6-10-7-16-11(13(2,3)4)8-17(10)9-12(14)15/h10-12,16H,5-9H2,1-4H3. The highest BCUT2D eigenvalue weighted by molar-refractivity contribution is 4.91. The second-order valence-corrected chi connectivity index (χ2v) is 6.11. The first-order valence-electron chi connectivity index (χ1n) is 6.60. The van der Waals surface area contributed by atoms with Crippen molar-refractivity contribution >= 4 is 0 Å². The molecule has 1 N–H and O–H groups in total. The third kappa shape index (κ3) is 4.51. The molecule has 0 saturated carbocycles. The third-order valence-electron chi connectivity index (χ3n) is 3.57. The number of halogens is 2. The van der Waals surface area contributed by atoms with Crippen LogP contribution in [0.15, 0.2) is 0 Å². The first kappa shape index (κ1) is 14.8. The Morgan fingerprint density at radius 2 is 2.00 bits per heavy atom. The van der Waals surface area contributed by atoms with E-state index in [9.17, 15) is 8.78 Å². The molecule has 1 aliphatic heterocycles. The summed E-state index contributed by atoms with van der Waals surface area (Å²) in [7, 11) is 0. The molecule has 2 nitrogen and oxygen atoms in total. The largest absolute Gasteiger partial charge is 0.311 e. The maximum Gasteiger partial charge on any atom is 0.251 e. The van der Waals surface area contributed by atoms with Gasteiger partial charge in [-0.15, -0.1) is 0 Å². The first-order valence-corrected chi connectivity index (χ1v) is 6.60. The van der Waals surface area contributed by atoms with E-state index in [1.54, 1.807) is 0 Å². The Labute approximate surface area is 104 Å². The Balaban J connectivity index is 2.62. The molecule has 1 saturated heterocycles. The van der Waals surface area contributed by atoms with Gasteiger partial charge in [-0.1, -0.05) is 34.1 Å². The highest BCUT2D eigenvalue weighted by Gasteiger charge is 2.34. The fourth-order valence-corrected chi connectivity index (χ4v) is 2.45. The van der Waals surface area contributed by atoms with Gasteiger partial charge in [0.25, 0.3) is 6.43 Å². The van der Waals surface area contributed by atoms with Crippen molar-refractivity contribution in [1.82, 2.24) is 10.2 Å². The molecule has 1 heterocycles. The van der Waals surface area contributed by atoms with E-state index >= 15 is 0 Å². The number of hydrogen-bond donors (Lipinski definition) is 1. The van der Waals surface area contributed by atoms with E-state index in [4.69, 9.17) is 0 Å². The molecule has 0 aromatic rings. The summed E-state index contributed by atoms with van der Waals surface area (Å²) in [5, 5.41) is 3.51. The molecule has 0 aromatic carbocycles. The van der Waals surface area contributed by atoms with Gasteiger partial charge in [-0.2, -0.15) is 0 Å². The van der Waals surface area contributed by atoms with E-state index < -0.39 is 6.43 Å². The first-order chi connectivity index (χ1) is 7.84. The molecule has 1 aliphatic rings. The lowest BCUT2D eigenvalue weighted by Gasteiger charge is -2.45. The monoisotopic (exact) mass is 248 g/mol. The molecular formula is C13H26F2N2. The molecule has 1 fully saturated rings. The second-order valence-electron chi connectivity index (χ2n) is 6.11. The molecule has 0 aromatic heterocycles. The Bertz CT molecular complexity index is 226. The van der Waals surface area contributed by atoms with Gasteiger partial charge in [0.1, 0.15) is 0 Å². The van der Waals surface area contributed by atoms with Crippen LogP contribution in [-0.2, 0) is 0 Å². The lowest BCUT2D eigenvalue weighted by Crippen LogP contribution is -2.60. The molecule has 4 heteroatoms. The molecule has 2 unspecified atom stereocenters. The van der Waals surface area contributed by atoms with E-state index in [1.807, 2.05) is 4.90 Å². The van der Waals surface area contributed by atoms with Gasteiger partial charge in [-0.05, 0) is 11.8 Å². The second kappa shape index (κ2) is 6.10. The molecule has 0 bridgehead atoms. The molecule has 0 amide bonds. The summed E-state index contributed by atoms with van der Waals surface area (Å²) in [6, 6.07) is 0.571. The van der Waals surface area contributed by atoms with Gasteiger partial charge in [0.05, 0.1) is 6.54 Å². The molecule has 0 aliphatic carbocycles. The van der Waals surface area contributed by atoms with Gasteiger partial charge in [0, 0.05) is 25.2 Å². The van der Waals surface area contributed by atoms with E-state index in [-0.39, 0.29) is 18.0 Å². The van der Waals surface area contributed by atoms with Crippen molar-refractivity contribution in [2.45, 2.75) is 59.0 Å². The van der Waals surface area contributed by atoms with E-state index in [1.165, 1.54) is 0 Å². The zero-order valence-corrected chi connectivity index (χ0v) is 11.5. The summed E-state index contributed by atoms with van der Waals surface area (Å²) >= 11 is 0. The van der Waals surface area contributed by atoms with Crippen molar-refractivity contribution < 1.29 is 8.78 Å². The molecule has 0 radical (unpaired) electrons. The summed E-state index contributed by atoms with van der Waals surface area (Å²) in [4.78, 5) is 1.97. The van der Waals surface area contributed by atoms with Gasteiger partial charge < -0.3 is 5.32 Å². The lowest BCUT2D eigenvalue weighted by molar-refractivity contribution is 0.0233. The minimum Gasteiger partial charge on any atom is -0.311 e. The highest BCUT2D eigenvalue weighted by Crippen LogP contribution is 2.25. The Morgan fingerprint density at radius 1 is 1.35 bits per heavy atom. The minimum absolute atomic E-state index is 0.0844. The van der Waals surface area contributed by atoms with Crippen molar-refractivity contribution in [3.05, 3.63) is 0 Å². The van der Waals surface area contributed by atoms with Crippen molar-refractivity contribution in [3.63, 3.8) is 0 Å². The fourth-order valence-electron chi connectivity index (χ4n) is 2.45. The highest BCUT2D eigenvalue weighted by atomic mass is 19.3. The van der Waals surface area contributed by atoms with Crippen LogP contribution in [0.4, 0.5) is 8.78 Å². The minimum atomic E-state index is -2.23. The van der Waals surface area contributed by atoms with Crippen molar-refractivity contribution in [2.75, 3.05) is 19.6 Å². The van der Waals surface area contributed by atoms with Crippen LogP contribution in [0.25, 0.3) is 0 Å². The molecule has 0 spiro atoms. The molecule has 1 rings (SSSR count). The predicted molar refractivity (Wildman–Crippen MR) is 67.5 cm³/mol. The zero-order valence-electron chi connectivity index (χ0n) is 11.5. The van der Waals surface area contributed by atoms with Gasteiger partial charge in [0.15, 0.2) is 0 Å². The van der Waals surface area contributed by atoms with Crippen LogP contribution in [0.5, 0.6) is 0 Å². The van der Waals surface area contributed by atoms with Crippen LogP contribution in [0.2, 0.25) is 0 Å². The van der Waals surface area contributed by atoms with Crippen LogP contribution in [0.3, 0.4) is 0 Å². The Kier molecular flexibility index (Phi) is 5.32. The number of nitrogens with one attached hydrogen (secondary N) is 1. The normalized spacial score (nSPS) is 27.7. The number of alkyl halides is 2. The summed E-state index contributed by atoms with van der Waals surface area (Å²) in [5.41, 5.74) is 0.123. The quantitative estimate of drug-likeness (QED) is 0.823. The lowest BCUT2D eigenvalue weighted by atomic mass is 9.84. The van der Waals surface area contributed by atoms with Crippen LogP contribution in [0.1, 0.15) is 40.5 Å². The topological polar surface area (TPSA) is 15.3 Å². The maximum atomic E-state index is 12.6. The summed E-state index contributed by atoms with van der Waals surface area (Å²) in [5.74, 6) is 0. The van der Waals surface area contributed by atoms with Gasteiger partial charge >= 0.3 is 0 Å². The third-order valence-corrected chi connectivity index (χ3v) is 3.57. The van der Waals surface area contributed by atoms with Crippen LogP contribution in [0, 0.1) is 5.41 Å². The Morgan fingerprint density at radius 3 is 2.47 bits per heavy atom. The molecule has 102 valence electrons. The van der Waals surface area contributed by atoms with Crippen molar-refractivity contribution in [1.29, 1.82) is 0 Å². The summed E-state index contributed by atoms with van der Waals surface area (Å²) < 4.78 is 25.2. The molecular weight excluding hydrogens is 222 g/mol. The SMILES string of the molecule is CCCC1CNC(C(C)(C)C)CN1CC(F)F. The smallest absolute Gasteiger partial charge is 0.251 e. The van der Waals surface area contributed by atoms with E-state index in [2.05, 4.69) is 33.0 Å². The average molecular weight is 248 g/mol. The molecule has 2 atom stereocenters. The zero-order chi connectivity index (χ0) is 13.1. The van der Waals surface area contributed by atoms with Gasteiger partial charge in [0.2, 0.25) is 0 Å². The number of piperazine rings is 1. The number of rotatable bonds is 4. The Hall–Kier alpha value is -0.220. The van der Waals surface area contributed by atoms with Crippen molar-refractivity contribution in [3.8, 4) is 0 Å². The van der Waals surface area contributed by atoms with Gasteiger partial charge in [-0.3, -0.25) is 4.90 Å². The maximum absolute atomic E-state index is 12.6. The molecule has 17 heavy (non-hydrogen) atoms. The van der Waals surface area contributed by atoms with Crippen LogP contribution in [-0.4, -0.2) is 43.0 Å². The summed E-state index contributed by atoms with van der Waals surface area (Å²) in [6.07, 6.45) is -0.184. The van der Waals surface area contributed by atoms with E-state index in [0.717, 1.165) is 25.9 Å². The van der Waals surface area contributed by atoms with E-state index in [0.29, 0.717) is 6.04 Å².